The number of hydrogen-bond donors (Lipinski definition) is 0. The zero-order valence-corrected chi connectivity index (χ0v) is 13.7. The summed E-state index contributed by atoms with van der Waals surface area (Å²) in [7, 11) is 2.08. The highest BCUT2D eigenvalue weighted by atomic mass is 16.5. The Kier molecular flexibility index (Phi) is 2.83. The van der Waals surface area contributed by atoms with Crippen LogP contribution in [0.15, 0.2) is 64.7 Å². The average Bonchev–Trinajstić information content (AvgIpc) is 2.74. The van der Waals surface area contributed by atoms with E-state index in [2.05, 4.69) is 67.4 Å². The van der Waals surface area contributed by atoms with Gasteiger partial charge < -0.3 is 9.64 Å². The van der Waals surface area contributed by atoms with E-state index in [9.17, 15) is 4.91 Å². The molecule has 1 aromatic rings. The van der Waals surface area contributed by atoms with Gasteiger partial charge in [0.05, 0.1) is 11.1 Å². The first-order chi connectivity index (χ1) is 11.0. The zero-order valence-electron chi connectivity index (χ0n) is 13.7. The molecule has 0 amide bonds. The largest absolute Gasteiger partial charge is 0.467 e. The van der Waals surface area contributed by atoms with Crippen LogP contribution in [0.25, 0.3) is 0 Å². The van der Waals surface area contributed by atoms with E-state index in [1.54, 1.807) is 0 Å². The third-order valence-electron chi connectivity index (χ3n) is 5.47. The number of nitroso groups, excluding NO2 is 1. The van der Waals surface area contributed by atoms with E-state index in [4.69, 9.17) is 4.74 Å². The van der Waals surface area contributed by atoms with Crippen LogP contribution in [0.1, 0.15) is 32.3 Å². The van der Waals surface area contributed by atoms with E-state index in [0.29, 0.717) is 12.1 Å². The van der Waals surface area contributed by atoms with Crippen molar-refractivity contribution in [3.05, 3.63) is 70.0 Å². The first-order valence-electron chi connectivity index (χ1n) is 7.98. The topological polar surface area (TPSA) is 41.9 Å². The quantitative estimate of drug-likeness (QED) is 0.722. The molecule has 2 aliphatic heterocycles. The van der Waals surface area contributed by atoms with E-state index in [1.807, 2.05) is 6.08 Å². The van der Waals surface area contributed by atoms with Crippen LogP contribution in [0, 0.1) is 4.91 Å². The van der Waals surface area contributed by atoms with Gasteiger partial charge in [0.1, 0.15) is 5.76 Å². The van der Waals surface area contributed by atoms with Crippen molar-refractivity contribution in [3.8, 4) is 0 Å². The minimum atomic E-state index is -0.532. The van der Waals surface area contributed by atoms with Crippen LogP contribution in [0.3, 0.4) is 0 Å². The molecule has 3 aliphatic rings. The number of likely N-dealkylation sites (N-methyl/N-ethyl adjacent to an activating group) is 1. The van der Waals surface area contributed by atoms with Gasteiger partial charge in [0.2, 0.25) is 5.72 Å². The Labute approximate surface area is 136 Å². The molecule has 0 unspecified atom stereocenters. The standard InChI is InChI=1S/C19H20N2O2/c1-18(2)15-6-4-5-7-16(15)21(3)19(18)11-10-13-12-14(20-22)8-9-17(13)23-19/h4-7,10-12H,8-9H2,1-3H3/t19-/m1/s1. The maximum Gasteiger partial charge on any atom is 0.211 e. The molecule has 1 aliphatic carbocycles. The van der Waals surface area contributed by atoms with Crippen molar-refractivity contribution in [1.82, 2.24) is 0 Å². The number of rotatable bonds is 1. The van der Waals surface area contributed by atoms with Crippen LogP contribution in [0.4, 0.5) is 5.69 Å². The third kappa shape index (κ3) is 1.72. The SMILES string of the molecule is CN1c2ccccc2C(C)(C)[C@]12C=CC1=C(CCC(N=O)=C1)O2. The second kappa shape index (κ2) is 4.57. The number of fused-ring (bicyclic) bond motifs is 1. The summed E-state index contributed by atoms with van der Waals surface area (Å²) in [6, 6.07) is 8.46. The van der Waals surface area contributed by atoms with Gasteiger partial charge in [-0.2, -0.15) is 0 Å². The summed E-state index contributed by atoms with van der Waals surface area (Å²) in [5, 5.41) is 3.08. The normalized spacial score (nSPS) is 27.4. The lowest BCUT2D eigenvalue weighted by Crippen LogP contribution is -2.55. The highest BCUT2D eigenvalue weighted by Gasteiger charge is 2.57. The molecule has 0 bridgehead atoms. The van der Waals surface area contributed by atoms with Gasteiger partial charge in [-0.25, -0.2) is 0 Å². The molecule has 4 nitrogen and oxygen atoms in total. The molecule has 118 valence electrons. The van der Waals surface area contributed by atoms with E-state index >= 15 is 0 Å². The molecule has 4 heteroatoms. The van der Waals surface area contributed by atoms with Gasteiger partial charge in [0.15, 0.2) is 0 Å². The molecule has 0 saturated heterocycles. The van der Waals surface area contributed by atoms with Crippen molar-refractivity contribution in [1.29, 1.82) is 0 Å². The lowest BCUT2D eigenvalue weighted by molar-refractivity contribution is -0.0106. The molecule has 1 atom stereocenters. The average molecular weight is 308 g/mol. The van der Waals surface area contributed by atoms with Crippen molar-refractivity contribution >= 4 is 5.69 Å². The first-order valence-corrected chi connectivity index (χ1v) is 7.98. The second-order valence-electron chi connectivity index (χ2n) is 6.94. The Balaban J connectivity index is 1.81. The van der Waals surface area contributed by atoms with Crippen molar-refractivity contribution in [2.45, 2.75) is 37.8 Å². The Bertz CT molecular complexity index is 788. The van der Waals surface area contributed by atoms with Crippen LogP contribution >= 0.6 is 0 Å². The van der Waals surface area contributed by atoms with E-state index in [1.165, 1.54) is 11.3 Å². The Hall–Kier alpha value is -2.36. The van der Waals surface area contributed by atoms with Gasteiger partial charge >= 0.3 is 0 Å². The molecule has 1 spiro atoms. The lowest BCUT2D eigenvalue weighted by Gasteiger charge is -2.46. The summed E-state index contributed by atoms with van der Waals surface area (Å²) in [5.74, 6) is 0.952. The predicted molar refractivity (Wildman–Crippen MR) is 91.0 cm³/mol. The van der Waals surface area contributed by atoms with Gasteiger partial charge in [-0.15, -0.1) is 4.91 Å². The minimum Gasteiger partial charge on any atom is -0.467 e. The highest BCUT2D eigenvalue weighted by Crippen LogP contribution is 2.54. The number of benzene rings is 1. The molecule has 0 fully saturated rings. The second-order valence-corrected chi connectivity index (χ2v) is 6.94. The van der Waals surface area contributed by atoms with Crippen LogP contribution in [0.5, 0.6) is 0 Å². The molecule has 0 N–H and O–H groups in total. The molecule has 23 heavy (non-hydrogen) atoms. The Morgan fingerprint density at radius 2 is 2.00 bits per heavy atom. The van der Waals surface area contributed by atoms with Crippen LogP contribution in [0.2, 0.25) is 0 Å². The number of hydrogen-bond acceptors (Lipinski definition) is 4. The van der Waals surface area contributed by atoms with Gasteiger partial charge in [-0.1, -0.05) is 18.2 Å². The summed E-state index contributed by atoms with van der Waals surface area (Å²) in [6.45, 7) is 4.45. The lowest BCUT2D eigenvalue weighted by atomic mass is 9.76. The summed E-state index contributed by atoms with van der Waals surface area (Å²) in [5.41, 5.74) is 3.34. The fourth-order valence-corrected chi connectivity index (χ4v) is 4.07. The maximum atomic E-state index is 10.8. The fraction of sp³-hybridized carbons (Fsp3) is 0.368. The van der Waals surface area contributed by atoms with Crippen molar-refractivity contribution < 1.29 is 4.74 Å². The predicted octanol–water partition coefficient (Wildman–Crippen LogP) is 4.39. The summed E-state index contributed by atoms with van der Waals surface area (Å²) in [4.78, 5) is 13.0. The molecule has 1 aromatic carbocycles. The molecule has 4 rings (SSSR count). The van der Waals surface area contributed by atoms with Gasteiger partial charge in [0.25, 0.3) is 0 Å². The van der Waals surface area contributed by atoms with Gasteiger partial charge in [-0.05, 0) is 48.9 Å². The summed E-state index contributed by atoms with van der Waals surface area (Å²) >= 11 is 0. The first kappa shape index (κ1) is 14.2. The van der Waals surface area contributed by atoms with Gasteiger partial charge in [0, 0.05) is 31.1 Å². The smallest absolute Gasteiger partial charge is 0.211 e. The highest BCUT2D eigenvalue weighted by molar-refractivity contribution is 5.67. The molecule has 2 heterocycles. The molecular weight excluding hydrogens is 288 g/mol. The van der Waals surface area contributed by atoms with Crippen LogP contribution in [-0.4, -0.2) is 12.8 Å². The van der Waals surface area contributed by atoms with Crippen molar-refractivity contribution in [3.63, 3.8) is 0 Å². The number of anilines is 1. The summed E-state index contributed by atoms with van der Waals surface area (Å²) in [6.07, 6.45) is 7.40. The van der Waals surface area contributed by atoms with Crippen molar-refractivity contribution in [2.24, 2.45) is 5.18 Å². The Morgan fingerprint density at radius 3 is 2.74 bits per heavy atom. The monoisotopic (exact) mass is 308 g/mol. The van der Waals surface area contributed by atoms with E-state index < -0.39 is 5.72 Å². The van der Waals surface area contributed by atoms with Gasteiger partial charge in [-0.3, -0.25) is 0 Å². The minimum absolute atomic E-state index is 0.180. The van der Waals surface area contributed by atoms with E-state index in [0.717, 1.165) is 17.8 Å². The van der Waals surface area contributed by atoms with Crippen molar-refractivity contribution in [2.75, 3.05) is 11.9 Å². The van der Waals surface area contributed by atoms with Crippen LogP contribution < -0.4 is 4.90 Å². The fourth-order valence-electron chi connectivity index (χ4n) is 4.07. The number of para-hydroxylation sites is 1. The van der Waals surface area contributed by atoms with E-state index in [-0.39, 0.29) is 5.41 Å². The molecule has 0 saturated carbocycles. The molecule has 0 radical (unpaired) electrons. The number of allylic oxidation sites excluding steroid dienone is 5. The molecular formula is C19H20N2O2. The number of ether oxygens (including phenoxy) is 1. The molecule has 0 aromatic heterocycles. The third-order valence-corrected chi connectivity index (χ3v) is 5.47. The zero-order chi connectivity index (χ0) is 16.2. The summed E-state index contributed by atoms with van der Waals surface area (Å²) < 4.78 is 6.57. The van der Waals surface area contributed by atoms with Crippen LogP contribution in [-0.2, 0) is 10.2 Å². The maximum absolute atomic E-state index is 10.8. The Morgan fingerprint density at radius 1 is 1.22 bits per heavy atom. The number of nitrogens with zero attached hydrogens (tertiary/aromatic N) is 2.